The number of rotatable bonds is 6. The van der Waals surface area contributed by atoms with Crippen molar-refractivity contribution in [1.82, 2.24) is 4.90 Å². The summed E-state index contributed by atoms with van der Waals surface area (Å²) in [5.41, 5.74) is 5.99. The zero-order chi connectivity index (χ0) is 23.5. The second kappa shape index (κ2) is 9.71. The lowest BCUT2D eigenvalue weighted by Crippen LogP contribution is -2.35. The molecule has 0 unspecified atom stereocenters. The van der Waals surface area contributed by atoms with Gasteiger partial charge in [0.1, 0.15) is 0 Å². The minimum atomic E-state index is -0.235. The fraction of sp³-hybridized carbons (Fsp3) is 0.296. The quantitative estimate of drug-likeness (QED) is 0.496. The molecule has 33 heavy (non-hydrogen) atoms. The molecule has 0 bridgehead atoms. The van der Waals surface area contributed by atoms with Crippen molar-refractivity contribution >= 4 is 34.6 Å². The molecule has 5 nitrogen and oxygen atoms in total. The monoisotopic (exact) mass is 460 g/mol. The molecule has 1 aliphatic heterocycles. The zero-order valence-electron chi connectivity index (χ0n) is 19.2. The number of carbonyl (C=O) groups is 3. The Morgan fingerprint density at radius 1 is 1.00 bits per heavy atom. The lowest BCUT2D eigenvalue weighted by Gasteiger charge is -2.28. The van der Waals surface area contributed by atoms with Gasteiger partial charge in [-0.3, -0.25) is 14.4 Å². The molecule has 2 aromatic carbocycles. The molecule has 0 saturated heterocycles. The van der Waals surface area contributed by atoms with Crippen LogP contribution >= 0.6 is 11.3 Å². The largest absolute Gasteiger partial charge is 0.334 e. The SMILES string of the molecule is Cc1ccc(C(=O)CCC(=O)Nc2cccc(C(=O)N3CCc4sccc4C3)c2C)cc1C. The van der Waals surface area contributed by atoms with Gasteiger partial charge in [0, 0.05) is 47.6 Å². The third kappa shape index (κ3) is 5.06. The van der Waals surface area contributed by atoms with E-state index in [1.54, 1.807) is 35.6 Å². The molecule has 1 N–H and O–H groups in total. The van der Waals surface area contributed by atoms with Crippen LogP contribution in [0.2, 0.25) is 0 Å². The van der Waals surface area contributed by atoms with Crippen molar-refractivity contribution < 1.29 is 14.4 Å². The van der Waals surface area contributed by atoms with Crippen LogP contribution in [0.3, 0.4) is 0 Å². The second-order valence-corrected chi connectivity index (χ2v) is 9.59. The number of nitrogens with one attached hydrogen (secondary N) is 1. The van der Waals surface area contributed by atoms with Crippen LogP contribution in [0.5, 0.6) is 0 Å². The predicted molar refractivity (Wildman–Crippen MR) is 132 cm³/mol. The van der Waals surface area contributed by atoms with Gasteiger partial charge in [-0.15, -0.1) is 11.3 Å². The number of thiophene rings is 1. The summed E-state index contributed by atoms with van der Waals surface area (Å²) in [7, 11) is 0. The third-order valence-corrected chi connectivity index (χ3v) is 7.36. The number of anilines is 1. The summed E-state index contributed by atoms with van der Waals surface area (Å²) in [6.07, 6.45) is 1.11. The van der Waals surface area contributed by atoms with Gasteiger partial charge in [-0.05, 0) is 79.1 Å². The van der Waals surface area contributed by atoms with Crippen molar-refractivity contribution in [3.05, 3.63) is 86.1 Å². The van der Waals surface area contributed by atoms with Gasteiger partial charge in [-0.1, -0.05) is 18.2 Å². The molecule has 1 aliphatic rings. The number of benzene rings is 2. The Morgan fingerprint density at radius 3 is 2.61 bits per heavy atom. The molecule has 0 aliphatic carbocycles. The van der Waals surface area contributed by atoms with Crippen molar-refractivity contribution in [1.29, 1.82) is 0 Å². The molecular weight excluding hydrogens is 432 g/mol. The third-order valence-electron chi connectivity index (χ3n) is 6.34. The second-order valence-electron chi connectivity index (χ2n) is 8.59. The summed E-state index contributed by atoms with van der Waals surface area (Å²) in [5, 5.41) is 4.96. The Morgan fingerprint density at radius 2 is 1.82 bits per heavy atom. The highest BCUT2D eigenvalue weighted by Crippen LogP contribution is 2.27. The fourth-order valence-electron chi connectivity index (χ4n) is 4.09. The van der Waals surface area contributed by atoms with Gasteiger partial charge in [0.15, 0.2) is 5.78 Å². The number of aryl methyl sites for hydroxylation is 2. The summed E-state index contributed by atoms with van der Waals surface area (Å²) in [6.45, 7) is 7.14. The first-order chi connectivity index (χ1) is 15.8. The molecule has 6 heteroatoms. The number of carbonyl (C=O) groups excluding carboxylic acids is 3. The smallest absolute Gasteiger partial charge is 0.254 e. The van der Waals surface area contributed by atoms with E-state index in [1.807, 2.05) is 37.8 Å². The first kappa shape index (κ1) is 22.9. The van der Waals surface area contributed by atoms with E-state index in [9.17, 15) is 14.4 Å². The molecule has 170 valence electrons. The van der Waals surface area contributed by atoms with Gasteiger partial charge < -0.3 is 10.2 Å². The summed E-state index contributed by atoms with van der Waals surface area (Å²) in [5.74, 6) is -0.307. The molecule has 2 amide bonds. The first-order valence-electron chi connectivity index (χ1n) is 11.2. The minimum Gasteiger partial charge on any atom is -0.334 e. The van der Waals surface area contributed by atoms with Gasteiger partial charge in [0.05, 0.1) is 0 Å². The average Bonchev–Trinajstić information content (AvgIpc) is 3.28. The Labute approximate surface area is 198 Å². The van der Waals surface area contributed by atoms with E-state index in [2.05, 4.69) is 16.8 Å². The highest BCUT2D eigenvalue weighted by atomic mass is 32.1. The normalized spacial score (nSPS) is 12.9. The van der Waals surface area contributed by atoms with E-state index in [0.717, 1.165) is 23.1 Å². The highest BCUT2D eigenvalue weighted by Gasteiger charge is 2.24. The molecule has 0 atom stereocenters. The van der Waals surface area contributed by atoms with Gasteiger partial charge in [-0.25, -0.2) is 0 Å². The molecule has 1 aromatic heterocycles. The molecule has 0 fully saturated rings. The average molecular weight is 461 g/mol. The Hall–Kier alpha value is -3.25. The molecule has 0 radical (unpaired) electrons. The Kier molecular flexibility index (Phi) is 6.75. The summed E-state index contributed by atoms with van der Waals surface area (Å²) >= 11 is 1.74. The number of Topliss-reactive ketones (excluding diaryl/α,β-unsaturated/α-hetero) is 1. The number of hydrogen-bond donors (Lipinski definition) is 1. The topological polar surface area (TPSA) is 66.5 Å². The number of amides is 2. The van der Waals surface area contributed by atoms with Gasteiger partial charge in [0.25, 0.3) is 5.91 Å². The zero-order valence-corrected chi connectivity index (χ0v) is 20.1. The van der Waals surface area contributed by atoms with Crippen LogP contribution in [0.25, 0.3) is 0 Å². The molecule has 4 rings (SSSR count). The van der Waals surface area contributed by atoms with Crippen molar-refractivity contribution in [3.63, 3.8) is 0 Å². The number of nitrogens with zero attached hydrogens (tertiary/aromatic N) is 1. The van der Waals surface area contributed by atoms with E-state index in [0.29, 0.717) is 29.9 Å². The maximum Gasteiger partial charge on any atom is 0.254 e. The standard InChI is InChI=1S/C27H28N2O3S/c1-17-7-8-20(15-18(17)2)24(30)9-10-26(31)28-23-6-4-5-22(19(23)3)27(32)29-13-11-25-21(16-29)12-14-33-25/h4-8,12,14-15H,9-11,13,16H2,1-3H3,(H,28,31). The summed E-state index contributed by atoms with van der Waals surface area (Å²) in [6, 6.07) is 13.1. The number of hydrogen-bond acceptors (Lipinski definition) is 4. The fourth-order valence-corrected chi connectivity index (χ4v) is 4.98. The van der Waals surface area contributed by atoms with E-state index in [1.165, 1.54) is 10.4 Å². The van der Waals surface area contributed by atoms with Gasteiger partial charge in [0.2, 0.25) is 5.91 Å². The number of fused-ring (bicyclic) bond motifs is 1. The van der Waals surface area contributed by atoms with Crippen molar-refractivity contribution in [3.8, 4) is 0 Å². The van der Waals surface area contributed by atoms with Gasteiger partial charge in [-0.2, -0.15) is 0 Å². The van der Waals surface area contributed by atoms with Crippen molar-refractivity contribution in [2.45, 2.75) is 46.6 Å². The van der Waals surface area contributed by atoms with E-state index >= 15 is 0 Å². The minimum absolute atomic E-state index is 0.0228. The molecule has 0 spiro atoms. The van der Waals surface area contributed by atoms with Crippen LogP contribution in [0.15, 0.2) is 47.8 Å². The van der Waals surface area contributed by atoms with Crippen LogP contribution in [-0.4, -0.2) is 29.0 Å². The van der Waals surface area contributed by atoms with E-state index in [4.69, 9.17) is 0 Å². The Balaban J connectivity index is 1.39. The maximum absolute atomic E-state index is 13.2. The maximum atomic E-state index is 13.2. The molecule has 3 aromatic rings. The van der Waals surface area contributed by atoms with Crippen LogP contribution in [-0.2, 0) is 17.8 Å². The van der Waals surface area contributed by atoms with E-state index < -0.39 is 0 Å². The van der Waals surface area contributed by atoms with Crippen LogP contribution in [0.1, 0.15) is 60.7 Å². The predicted octanol–water partition coefficient (Wildman–Crippen LogP) is 5.47. The van der Waals surface area contributed by atoms with Crippen molar-refractivity contribution in [2.24, 2.45) is 0 Å². The van der Waals surface area contributed by atoms with Crippen LogP contribution in [0, 0.1) is 20.8 Å². The highest BCUT2D eigenvalue weighted by molar-refractivity contribution is 7.10. The Bertz CT molecular complexity index is 1230. The molecular formula is C27H28N2O3S. The molecule has 2 heterocycles. The lowest BCUT2D eigenvalue weighted by atomic mass is 10.0. The van der Waals surface area contributed by atoms with Crippen LogP contribution in [0.4, 0.5) is 5.69 Å². The summed E-state index contributed by atoms with van der Waals surface area (Å²) in [4.78, 5) is 41.4. The number of ketones is 1. The van der Waals surface area contributed by atoms with Crippen molar-refractivity contribution in [2.75, 3.05) is 11.9 Å². The lowest BCUT2D eigenvalue weighted by molar-refractivity contribution is -0.116. The van der Waals surface area contributed by atoms with Crippen LogP contribution < -0.4 is 5.32 Å². The van der Waals surface area contributed by atoms with E-state index in [-0.39, 0.29) is 30.4 Å². The summed E-state index contributed by atoms with van der Waals surface area (Å²) < 4.78 is 0. The first-order valence-corrected chi connectivity index (χ1v) is 12.1. The van der Waals surface area contributed by atoms with Gasteiger partial charge >= 0.3 is 0 Å². The molecule has 0 saturated carbocycles.